The van der Waals surface area contributed by atoms with Crippen LogP contribution in [0.3, 0.4) is 0 Å². The molecule has 3 nitrogen and oxygen atoms in total. The van der Waals surface area contributed by atoms with Gasteiger partial charge < -0.3 is 5.32 Å². The zero-order chi connectivity index (χ0) is 14.4. The number of aromatic nitrogens is 2. The van der Waals surface area contributed by atoms with Crippen molar-refractivity contribution in [2.45, 2.75) is 57.8 Å². The first-order valence-electron chi connectivity index (χ1n) is 8.26. The first kappa shape index (κ1) is 13.5. The second-order valence-corrected chi connectivity index (χ2v) is 7.76. The first-order chi connectivity index (χ1) is 10.3. The van der Waals surface area contributed by atoms with E-state index < -0.39 is 0 Å². The summed E-state index contributed by atoms with van der Waals surface area (Å²) in [5.41, 5.74) is 1.52. The standard InChI is InChI=1S/C17H23N3S/c1-10-6-8-11(9-7-10)15-19-16(18-2)14-12-4-3-5-13(12)21-17(14)20-15/h10-11H,3-9H2,1-2H3,(H,18,19,20). The highest BCUT2D eigenvalue weighted by molar-refractivity contribution is 7.19. The molecular weight excluding hydrogens is 278 g/mol. The Balaban J connectivity index is 1.78. The summed E-state index contributed by atoms with van der Waals surface area (Å²) < 4.78 is 0. The van der Waals surface area contributed by atoms with E-state index in [1.54, 1.807) is 4.88 Å². The van der Waals surface area contributed by atoms with Gasteiger partial charge in [0.25, 0.3) is 0 Å². The Kier molecular flexibility index (Phi) is 3.37. The summed E-state index contributed by atoms with van der Waals surface area (Å²) in [5.74, 6) is 3.58. The summed E-state index contributed by atoms with van der Waals surface area (Å²) >= 11 is 1.90. The molecule has 0 aliphatic heterocycles. The Morgan fingerprint density at radius 3 is 2.67 bits per heavy atom. The fourth-order valence-electron chi connectivity index (χ4n) is 3.89. The smallest absolute Gasteiger partial charge is 0.138 e. The first-order valence-corrected chi connectivity index (χ1v) is 9.08. The number of rotatable bonds is 2. The summed E-state index contributed by atoms with van der Waals surface area (Å²) in [6.07, 6.45) is 8.87. The van der Waals surface area contributed by atoms with Crippen LogP contribution in [-0.2, 0) is 12.8 Å². The third-order valence-corrected chi connectivity index (χ3v) is 6.39. The molecule has 4 rings (SSSR count). The molecule has 0 aromatic carbocycles. The van der Waals surface area contributed by atoms with E-state index in [0.29, 0.717) is 5.92 Å². The molecule has 0 radical (unpaired) electrons. The van der Waals surface area contributed by atoms with E-state index >= 15 is 0 Å². The second-order valence-electron chi connectivity index (χ2n) is 6.67. The predicted molar refractivity (Wildman–Crippen MR) is 89.4 cm³/mol. The monoisotopic (exact) mass is 301 g/mol. The number of anilines is 1. The second kappa shape index (κ2) is 5.24. The van der Waals surface area contributed by atoms with Crippen LogP contribution in [0.25, 0.3) is 10.2 Å². The van der Waals surface area contributed by atoms with Gasteiger partial charge in [0.1, 0.15) is 16.5 Å². The van der Waals surface area contributed by atoms with Crippen LogP contribution in [0.4, 0.5) is 5.82 Å². The summed E-state index contributed by atoms with van der Waals surface area (Å²) in [4.78, 5) is 12.6. The van der Waals surface area contributed by atoms with Gasteiger partial charge in [-0.15, -0.1) is 11.3 Å². The van der Waals surface area contributed by atoms with Crippen molar-refractivity contribution in [3.63, 3.8) is 0 Å². The predicted octanol–water partition coefficient (Wildman–Crippen LogP) is 4.52. The van der Waals surface area contributed by atoms with Crippen molar-refractivity contribution in [3.05, 3.63) is 16.3 Å². The van der Waals surface area contributed by atoms with E-state index in [1.807, 2.05) is 18.4 Å². The van der Waals surface area contributed by atoms with Crippen LogP contribution in [0, 0.1) is 5.92 Å². The van der Waals surface area contributed by atoms with Gasteiger partial charge in [0.2, 0.25) is 0 Å². The van der Waals surface area contributed by atoms with Gasteiger partial charge in [-0.05, 0) is 43.6 Å². The zero-order valence-electron chi connectivity index (χ0n) is 12.9. The number of nitrogens with zero attached hydrogens (tertiary/aromatic N) is 2. The van der Waals surface area contributed by atoms with Gasteiger partial charge in [-0.1, -0.05) is 19.8 Å². The number of fused-ring (bicyclic) bond motifs is 3. The molecule has 112 valence electrons. The molecule has 0 bridgehead atoms. The Morgan fingerprint density at radius 2 is 1.90 bits per heavy atom. The SMILES string of the molecule is CNc1nc(C2CCC(C)CC2)nc2sc3c(c12)CCC3. The Morgan fingerprint density at radius 1 is 1.10 bits per heavy atom. The highest BCUT2D eigenvalue weighted by Gasteiger charge is 2.26. The number of aryl methyl sites for hydroxylation is 2. The van der Waals surface area contributed by atoms with Crippen LogP contribution < -0.4 is 5.32 Å². The third kappa shape index (κ3) is 2.24. The number of hydrogen-bond donors (Lipinski definition) is 1. The normalized spacial score (nSPS) is 25.2. The molecule has 0 saturated heterocycles. The van der Waals surface area contributed by atoms with Gasteiger partial charge in [0.05, 0.1) is 5.39 Å². The molecule has 4 heteroatoms. The van der Waals surface area contributed by atoms with Crippen molar-refractivity contribution in [2.24, 2.45) is 5.92 Å². The average molecular weight is 301 g/mol. The average Bonchev–Trinajstić information content (AvgIpc) is 3.07. The van der Waals surface area contributed by atoms with E-state index in [2.05, 4.69) is 12.2 Å². The minimum absolute atomic E-state index is 0.564. The maximum atomic E-state index is 4.96. The number of thiophene rings is 1. The number of hydrogen-bond acceptors (Lipinski definition) is 4. The van der Waals surface area contributed by atoms with Gasteiger partial charge in [-0.3, -0.25) is 0 Å². The van der Waals surface area contributed by atoms with Crippen LogP contribution in [0.2, 0.25) is 0 Å². The fraction of sp³-hybridized carbons (Fsp3) is 0.647. The van der Waals surface area contributed by atoms with E-state index in [-0.39, 0.29) is 0 Å². The van der Waals surface area contributed by atoms with E-state index in [1.165, 1.54) is 60.7 Å². The van der Waals surface area contributed by atoms with Crippen LogP contribution in [0.5, 0.6) is 0 Å². The molecule has 1 saturated carbocycles. The molecule has 2 aliphatic carbocycles. The van der Waals surface area contributed by atoms with Crippen LogP contribution >= 0.6 is 11.3 Å². The van der Waals surface area contributed by atoms with Gasteiger partial charge >= 0.3 is 0 Å². The quantitative estimate of drug-likeness (QED) is 0.886. The van der Waals surface area contributed by atoms with Crippen LogP contribution in [0.15, 0.2) is 0 Å². The van der Waals surface area contributed by atoms with Crippen molar-refractivity contribution in [2.75, 3.05) is 12.4 Å². The molecule has 1 fully saturated rings. The highest BCUT2D eigenvalue weighted by atomic mass is 32.1. The van der Waals surface area contributed by atoms with Crippen molar-refractivity contribution < 1.29 is 0 Å². The molecule has 2 aromatic rings. The molecule has 21 heavy (non-hydrogen) atoms. The maximum absolute atomic E-state index is 4.96. The Bertz CT molecular complexity index is 668. The summed E-state index contributed by atoms with van der Waals surface area (Å²) in [6, 6.07) is 0. The fourth-order valence-corrected chi connectivity index (χ4v) is 5.16. The summed E-state index contributed by atoms with van der Waals surface area (Å²) in [7, 11) is 1.99. The lowest BCUT2D eigenvalue weighted by Gasteiger charge is -2.25. The topological polar surface area (TPSA) is 37.8 Å². The summed E-state index contributed by atoms with van der Waals surface area (Å²) in [5, 5.41) is 4.64. The maximum Gasteiger partial charge on any atom is 0.138 e. The van der Waals surface area contributed by atoms with Crippen molar-refractivity contribution >= 4 is 27.4 Å². The van der Waals surface area contributed by atoms with E-state index in [0.717, 1.165) is 17.6 Å². The Hall–Kier alpha value is -1.16. The largest absolute Gasteiger partial charge is 0.372 e. The molecule has 2 aliphatic rings. The van der Waals surface area contributed by atoms with Crippen molar-refractivity contribution in [3.8, 4) is 0 Å². The van der Waals surface area contributed by atoms with Crippen LogP contribution in [-0.4, -0.2) is 17.0 Å². The molecule has 1 N–H and O–H groups in total. The zero-order valence-corrected chi connectivity index (χ0v) is 13.7. The van der Waals surface area contributed by atoms with Crippen molar-refractivity contribution in [1.82, 2.24) is 9.97 Å². The lowest BCUT2D eigenvalue weighted by atomic mass is 9.82. The van der Waals surface area contributed by atoms with Gasteiger partial charge in [0.15, 0.2) is 0 Å². The van der Waals surface area contributed by atoms with Crippen molar-refractivity contribution in [1.29, 1.82) is 0 Å². The molecule has 0 atom stereocenters. The van der Waals surface area contributed by atoms with Gasteiger partial charge in [-0.2, -0.15) is 0 Å². The molecule has 0 unspecified atom stereocenters. The molecule has 2 aromatic heterocycles. The minimum atomic E-state index is 0.564. The lowest BCUT2D eigenvalue weighted by Crippen LogP contribution is -2.14. The third-order valence-electron chi connectivity index (χ3n) is 5.20. The van der Waals surface area contributed by atoms with Crippen LogP contribution in [0.1, 0.15) is 61.2 Å². The lowest BCUT2D eigenvalue weighted by molar-refractivity contribution is 0.340. The molecule has 2 heterocycles. The van der Waals surface area contributed by atoms with Gasteiger partial charge in [-0.25, -0.2) is 9.97 Å². The van der Waals surface area contributed by atoms with E-state index in [9.17, 15) is 0 Å². The molecule has 0 spiro atoms. The molecular formula is C17H23N3S. The minimum Gasteiger partial charge on any atom is -0.372 e. The number of nitrogens with one attached hydrogen (secondary N) is 1. The summed E-state index contributed by atoms with van der Waals surface area (Å²) in [6.45, 7) is 2.36. The molecule has 0 amide bonds. The van der Waals surface area contributed by atoms with Gasteiger partial charge in [0, 0.05) is 17.8 Å². The Labute approximate surface area is 130 Å². The highest BCUT2D eigenvalue weighted by Crippen LogP contribution is 2.41. The van der Waals surface area contributed by atoms with E-state index in [4.69, 9.17) is 9.97 Å².